The monoisotopic (exact) mass is 221 g/mol. The molecule has 0 aromatic heterocycles. The predicted molar refractivity (Wildman–Crippen MR) is 69.2 cm³/mol. The van der Waals surface area contributed by atoms with Crippen LogP contribution in [0.3, 0.4) is 0 Å². The number of rotatable bonds is 7. The van der Waals surface area contributed by atoms with Gasteiger partial charge in [-0.15, -0.1) is 0 Å². The second-order valence-electron chi connectivity index (χ2n) is 4.28. The van der Waals surface area contributed by atoms with Crippen LogP contribution in [0.1, 0.15) is 30.9 Å². The molecule has 16 heavy (non-hydrogen) atoms. The molecule has 0 fully saturated rings. The van der Waals surface area contributed by atoms with Crippen molar-refractivity contribution in [2.45, 2.75) is 33.6 Å². The van der Waals surface area contributed by atoms with E-state index in [1.807, 2.05) is 0 Å². The van der Waals surface area contributed by atoms with E-state index in [-0.39, 0.29) is 0 Å². The van der Waals surface area contributed by atoms with Gasteiger partial charge >= 0.3 is 0 Å². The van der Waals surface area contributed by atoms with Gasteiger partial charge in [-0.25, -0.2) is 0 Å². The summed E-state index contributed by atoms with van der Waals surface area (Å²) in [6.45, 7) is 9.31. The number of nitrogens with one attached hydrogen (secondary N) is 1. The highest BCUT2D eigenvalue weighted by Gasteiger charge is 1.96. The first-order chi connectivity index (χ1) is 7.72. The third kappa shape index (κ3) is 5.17. The molecule has 0 aliphatic heterocycles. The molecule has 2 nitrogen and oxygen atoms in total. The fourth-order valence-corrected chi connectivity index (χ4v) is 1.71. The van der Waals surface area contributed by atoms with Crippen molar-refractivity contribution in [1.82, 2.24) is 5.32 Å². The Morgan fingerprint density at radius 1 is 1.06 bits per heavy atom. The first-order valence-corrected chi connectivity index (χ1v) is 6.14. The molecular weight excluding hydrogens is 198 g/mol. The molecule has 0 amide bonds. The molecule has 1 rings (SSSR count). The molecule has 0 heterocycles. The summed E-state index contributed by atoms with van der Waals surface area (Å²) in [7, 11) is 0. The largest absolute Gasteiger partial charge is 0.494 e. The summed E-state index contributed by atoms with van der Waals surface area (Å²) in [4.78, 5) is 0. The standard InChI is InChI=1S/C14H23NO/c1-4-6-15-7-5-8-16-14-10-12(2)9-13(3)11-14/h9-11,15H,4-8H2,1-3H3. The van der Waals surface area contributed by atoms with E-state index >= 15 is 0 Å². The zero-order valence-electron chi connectivity index (χ0n) is 10.7. The lowest BCUT2D eigenvalue weighted by Gasteiger charge is -2.08. The van der Waals surface area contributed by atoms with Crippen molar-refractivity contribution in [3.63, 3.8) is 0 Å². The van der Waals surface area contributed by atoms with Crippen LogP contribution in [0.2, 0.25) is 0 Å². The molecule has 1 N–H and O–H groups in total. The van der Waals surface area contributed by atoms with Gasteiger partial charge in [-0.3, -0.25) is 0 Å². The first-order valence-electron chi connectivity index (χ1n) is 6.14. The Kier molecular flexibility index (Phi) is 5.94. The van der Waals surface area contributed by atoms with Gasteiger partial charge in [0.1, 0.15) is 5.75 Å². The average Bonchev–Trinajstić information content (AvgIpc) is 2.22. The molecule has 0 saturated heterocycles. The number of aryl methyl sites for hydroxylation is 2. The fourth-order valence-electron chi connectivity index (χ4n) is 1.71. The van der Waals surface area contributed by atoms with E-state index in [4.69, 9.17) is 4.74 Å². The Balaban J connectivity index is 2.21. The van der Waals surface area contributed by atoms with E-state index in [0.29, 0.717) is 0 Å². The van der Waals surface area contributed by atoms with Gasteiger partial charge in [-0.2, -0.15) is 0 Å². The lowest BCUT2D eigenvalue weighted by Crippen LogP contribution is -2.18. The smallest absolute Gasteiger partial charge is 0.119 e. The predicted octanol–water partition coefficient (Wildman–Crippen LogP) is 3.07. The van der Waals surface area contributed by atoms with Crippen LogP contribution in [0.25, 0.3) is 0 Å². The summed E-state index contributed by atoms with van der Waals surface area (Å²) >= 11 is 0. The van der Waals surface area contributed by atoms with Crippen molar-refractivity contribution in [2.24, 2.45) is 0 Å². The minimum absolute atomic E-state index is 0.791. The van der Waals surface area contributed by atoms with Crippen molar-refractivity contribution in [3.8, 4) is 5.75 Å². The summed E-state index contributed by atoms with van der Waals surface area (Å²) in [5.41, 5.74) is 2.53. The van der Waals surface area contributed by atoms with Crippen LogP contribution in [0, 0.1) is 13.8 Å². The highest BCUT2D eigenvalue weighted by molar-refractivity contribution is 5.32. The van der Waals surface area contributed by atoms with Crippen molar-refractivity contribution in [1.29, 1.82) is 0 Å². The third-order valence-corrected chi connectivity index (χ3v) is 2.39. The highest BCUT2D eigenvalue weighted by atomic mass is 16.5. The highest BCUT2D eigenvalue weighted by Crippen LogP contribution is 2.16. The molecule has 0 saturated carbocycles. The number of hydrogen-bond acceptors (Lipinski definition) is 2. The van der Waals surface area contributed by atoms with Gasteiger partial charge in [0.25, 0.3) is 0 Å². The van der Waals surface area contributed by atoms with Crippen LogP contribution < -0.4 is 10.1 Å². The minimum Gasteiger partial charge on any atom is -0.494 e. The van der Waals surface area contributed by atoms with E-state index < -0.39 is 0 Å². The molecule has 0 bridgehead atoms. The average molecular weight is 221 g/mol. The van der Waals surface area contributed by atoms with Crippen molar-refractivity contribution >= 4 is 0 Å². The van der Waals surface area contributed by atoms with E-state index in [2.05, 4.69) is 44.3 Å². The number of hydrogen-bond donors (Lipinski definition) is 1. The molecule has 0 aliphatic rings. The molecule has 2 heteroatoms. The normalized spacial score (nSPS) is 10.4. The van der Waals surface area contributed by atoms with Crippen LogP contribution in [-0.2, 0) is 0 Å². The van der Waals surface area contributed by atoms with Crippen LogP contribution in [-0.4, -0.2) is 19.7 Å². The lowest BCUT2D eigenvalue weighted by atomic mass is 10.1. The van der Waals surface area contributed by atoms with E-state index in [0.717, 1.165) is 31.9 Å². The number of ether oxygens (including phenoxy) is 1. The molecule has 0 atom stereocenters. The Morgan fingerprint density at radius 3 is 2.38 bits per heavy atom. The van der Waals surface area contributed by atoms with Crippen molar-refractivity contribution in [3.05, 3.63) is 29.3 Å². The summed E-state index contributed by atoms with van der Waals surface area (Å²) in [5.74, 6) is 0.994. The fraction of sp³-hybridized carbons (Fsp3) is 0.571. The van der Waals surface area contributed by atoms with E-state index in [1.54, 1.807) is 0 Å². The topological polar surface area (TPSA) is 21.3 Å². The van der Waals surface area contributed by atoms with Crippen LogP contribution in [0.15, 0.2) is 18.2 Å². The molecular formula is C14H23NO. The van der Waals surface area contributed by atoms with Gasteiger partial charge in [0, 0.05) is 0 Å². The Hall–Kier alpha value is -1.02. The molecule has 0 radical (unpaired) electrons. The quantitative estimate of drug-likeness (QED) is 0.714. The zero-order chi connectivity index (χ0) is 11.8. The second-order valence-corrected chi connectivity index (χ2v) is 4.28. The molecule has 0 aliphatic carbocycles. The summed E-state index contributed by atoms with van der Waals surface area (Å²) < 4.78 is 5.71. The van der Waals surface area contributed by atoms with E-state index in [1.165, 1.54) is 17.5 Å². The van der Waals surface area contributed by atoms with Gasteiger partial charge in [0.05, 0.1) is 6.61 Å². The maximum atomic E-state index is 5.71. The Morgan fingerprint density at radius 2 is 1.75 bits per heavy atom. The summed E-state index contributed by atoms with van der Waals surface area (Å²) in [6, 6.07) is 6.34. The maximum absolute atomic E-state index is 5.71. The first kappa shape index (κ1) is 13.0. The Labute approximate surface area is 99.0 Å². The summed E-state index contributed by atoms with van der Waals surface area (Å²) in [6.07, 6.45) is 2.25. The zero-order valence-corrected chi connectivity index (χ0v) is 10.7. The molecule has 0 spiro atoms. The SMILES string of the molecule is CCCNCCCOc1cc(C)cc(C)c1. The second kappa shape index (κ2) is 7.29. The Bertz CT molecular complexity index is 289. The third-order valence-electron chi connectivity index (χ3n) is 2.39. The molecule has 90 valence electrons. The summed E-state index contributed by atoms with van der Waals surface area (Å²) in [5, 5.41) is 3.36. The minimum atomic E-state index is 0.791. The lowest BCUT2D eigenvalue weighted by molar-refractivity contribution is 0.308. The van der Waals surface area contributed by atoms with Crippen LogP contribution >= 0.6 is 0 Å². The van der Waals surface area contributed by atoms with Crippen LogP contribution in [0.5, 0.6) is 5.75 Å². The maximum Gasteiger partial charge on any atom is 0.119 e. The van der Waals surface area contributed by atoms with Crippen molar-refractivity contribution in [2.75, 3.05) is 19.7 Å². The van der Waals surface area contributed by atoms with Gasteiger partial charge in [0.2, 0.25) is 0 Å². The molecule has 0 unspecified atom stereocenters. The molecule has 1 aromatic rings. The van der Waals surface area contributed by atoms with Gasteiger partial charge < -0.3 is 10.1 Å². The van der Waals surface area contributed by atoms with E-state index in [9.17, 15) is 0 Å². The van der Waals surface area contributed by atoms with Crippen LogP contribution in [0.4, 0.5) is 0 Å². The van der Waals surface area contributed by atoms with Gasteiger partial charge in [0.15, 0.2) is 0 Å². The van der Waals surface area contributed by atoms with Crippen molar-refractivity contribution < 1.29 is 4.74 Å². The van der Waals surface area contributed by atoms with Gasteiger partial charge in [-0.05, 0) is 63.0 Å². The van der Waals surface area contributed by atoms with Gasteiger partial charge in [-0.1, -0.05) is 13.0 Å². The molecule has 1 aromatic carbocycles. The number of benzene rings is 1.